The SMILES string of the molecule is CC(C)(C)CN(CC(=O)c1c(Cl)cncc1Cl)C(=O)/C(C=N)=C(/N[C@H]1CC[C@](C)(CC(=O)O)CC1)C(F)(F)F. The maximum Gasteiger partial charge on any atom is 0.431 e. The number of allylic oxidation sites excluding steroid dienone is 1. The number of ketones is 1. The lowest BCUT2D eigenvalue weighted by Crippen LogP contribution is -2.45. The molecule has 1 aliphatic carbocycles. The fourth-order valence-corrected chi connectivity index (χ4v) is 5.21. The summed E-state index contributed by atoms with van der Waals surface area (Å²) in [7, 11) is 0. The molecule has 0 saturated heterocycles. The molecule has 0 aromatic carbocycles. The minimum atomic E-state index is -5.00. The van der Waals surface area contributed by atoms with Gasteiger partial charge < -0.3 is 20.7 Å². The molecule has 1 aromatic rings. The number of nitrogens with zero attached hydrogens (tertiary/aromatic N) is 2. The third-order valence-electron chi connectivity index (χ3n) is 6.47. The van der Waals surface area contributed by atoms with Crippen molar-refractivity contribution in [2.24, 2.45) is 10.8 Å². The van der Waals surface area contributed by atoms with E-state index in [9.17, 15) is 27.6 Å². The van der Waals surface area contributed by atoms with E-state index in [0.717, 1.165) is 4.90 Å². The van der Waals surface area contributed by atoms with E-state index in [2.05, 4.69) is 10.3 Å². The zero-order valence-corrected chi connectivity index (χ0v) is 23.7. The molecule has 1 saturated carbocycles. The number of hydrogen-bond donors (Lipinski definition) is 3. The molecule has 0 atom stereocenters. The minimum Gasteiger partial charge on any atom is -0.481 e. The van der Waals surface area contributed by atoms with Crippen LogP contribution in [0.2, 0.25) is 10.0 Å². The van der Waals surface area contributed by atoms with Gasteiger partial charge in [-0.05, 0) is 36.5 Å². The summed E-state index contributed by atoms with van der Waals surface area (Å²) in [6, 6.07) is -0.682. The minimum absolute atomic E-state index is 0.0664. The number of alkyl halides is 3. The van der Waals surface area contributed by atoms with Crippen molar-refractivity contribution in [1.82, 2.24) is 15.2 Å². The van der Waals surface area contributed by atoms with Crippen LogP contribution in [0, 0.1) is 16.2 Å². The number of carboxylic acid groups (broad SMARTS) is 1. The van der Waals surface area contributed by atoms with Gasteiger partial charge in [0.2, 0.25) is 0 Å². The zero-order chi connectivity index (χ0) is 29.8. The summed E-state index contributed by atoms with van der Waals surface area (Å²) < 4.78 is 42.8. The second-order valence-electron chi connectivity index (χ2n) is 11.4. The number of nitrogens with one attached hydrogen (secondary N) is 2. The van der Waals surface area contributed by atoms with Gasteiger partial charge >= 0.3 is 12.1 Å². The van der Waals surface area contributed by atoms with Crippen LogP contribution >= 0.6 is 23.2 Å². The molecule has 39 heavy (non-hydrogen) atoms. The molecule has 13 heteroatoms. The molecule has 1 aromatic heterocycles. The second-order valence-corrected chi connectivity index (χ2v) is 12.2. The van der Waals surface area contributed by atoms with Crippen molar-refractivity contribution in [3.05, 3.63) is 39.3 Å². The third-order valence-corrected chi connectivity index (χ3v) is 7.04. The van der Waals surface area contributed by atoms with Crippen LogP contribution in [0.1, 0.15) is 70.2 Å². The smallest absolute Gasteiger partial charge is 0.431 e. The normalized spacial score (nSPS) is 20.6. The number of amides is 1. The highest BCUT2D eigenvalue weighted by Gasteiger charge is 2.42. The monoisotopic (exact) mass is 592 g/mol. The van der Waals surface area contributed by atoms with Crippen molar-refractivity contribution >= 4 is 47.1 Å². The Bertz CT molecular complexity index is 1120. The Morgan fingerprint density at radius 2 is 1.72 bits per heavy atom. The summed E-state index contributed by atoms with van der Waals surface area (Å²) in [4.78, 5) is 42.5. The van der Waals surface area contributed by atoms with E-state index >= 15 is 0 Å². The molecule has 8 nitrogen and oxygen atoms in total. The Kier molecular flexibility index (Phi) is 10.6. The van der Waals surface area contributed by atoms with Crippen LogP contribution in [0.5, 0.6) is 0 Å². The molecule has 1 aliphatic rings. The third kappa shape index (κ3) is 9.20. The molecule has 1 fully saturated rings. The lowest BCUT2D eigenvalue weighted by Gasteiger charge is -2.38. The lowest BCUT2D eigenvalue weighted by molar-refractivity contribution is -0.140. The van der Waals surface area contributed by atoms with Crippen LogP contribution in [0.15, 0.2) is 23.7 Å². The van der Waals surface area contributed by atoms with Gasteiger partial charge in [0.05, 0.1) is 34.1 Å². The van der Waals surface area contributed by atoms with Gasteiger partial charge in [0, 0.05) is 31.2 Å². The molecular formula is C26H33Cl2F3N4O4. The maximum atomic E-state index is 14.3. The topological polar surface area (TPSA) is 123 Å². The van der Waals surface area contributed by atoms with Crippen molar-refractivity contribution in [3.8, 4) is 0 Å². The van der Waals surface area contributed by atoms with Crippen LogP contribution in [-0.2, 0) is 9.59 Å². The number of carboxylic acids is 1. The molecular weight excluding hydrogens is 560 g/mol. The van der Waals surface area contributed by atoms with E-state index < -0.39 is 58.5 Å². The van der Waals surface area contributed by atoms with Crippen molar-refractivity contribution in [3.63, 3.8) is 0 Å². The number of aliphatic carboxylic acids is 1. The van der Waals surface area contributed by atoms with E-state index in [1.807, 2.05) is 0 Å². The van der Waals surface area contributed by atoms with E-state index in [1.165, 1.54) is 12.4 Å². The number of halogens is 5. The summed E-state index contributed by atoms with van der Waals surface area (Å²) in [6.07, 6.45) is -1.09. The van der Waals surface area contributed by atoms with Crippen LogP contribution < -0.4 is 5.32 Å². The van der Waals surface area contributed by atoms with Gasteiger partial charge in [-0.25, -0.2) is 0 Å². The molecule has 0 aliphatic heterocycles. The van der Waals surface area contributed by atoms with Crippen molar-refractivity contribution < 1.29 is 32.7 Å². The highest BCUT2D eigenvalue weighted by molar-refractivity contribution is 6.39. The molecule has 0 unspecified atom stereocenters. The number of pyridine rings is 1. The first-order chi connectivity index (χ1) is 17.9. The first kappa shape index (κ1) is 32.6. The molecule has 0 spiro atoms. The number of aromatic nitrogens is 1. The fourth-order valence-electron chi connectivity index (χ4n) is 4.63. The van der Waals surface area contributed by atoms with Crippen LogP contribution in [0.25, 0.3) is 0 Å². The Balaban J connectivity index is 2.42. The first-order valence-electron chi connectivity index (χ1n) is 12.3. The quantitative estimate of drug-likeness (QED) is 0.176. The summed E-state index contributed by atoms with van der Waals surface area (Å²) in [5.41, 5.74) is -3.57. The predicted octanol–water partition coefficient (Wildman–Crippen LogP) is 5.92. The Morgan fingerprint density at radius 3 is 2.15 bits per heavy atom. The molecule has 1 heterocycles. The zero-order valence-electron chi connectivity index (χ0n) is 22.2. The molecule has 2 rings (SSSR count). The largest absolute Gasteiger partial charge is 0.481 e. The highest BCUT2D eigenvalue weighted by atomic mass is 35.5. The summed E-state index contributed by atoms with van der Waals surface area (Å²) in [5, 5.41) is 19.1. The van der Waals surface area contributed by atoms with Crippen molar-refractivity contribution in [1.29, 1.82) is 5.41 Å². The van der Waals surface area contributed by atoms with Crippen molar-refractivity contribution in [2.45, 2.75) is 72.0 Å². The number of carbonyl (C=O) groups is 3. The van der Waals surface area contributed by atoms with E-state index in [4.69, 9.17) is 33.7 Å². The van der Waals surface area contributed by atoms with Gasteiger partial charge in [0.25, 0.3) is 5.91 Å². The summed E-state index contributed by atoms with van der Waals surface area (Å²) in [5.74, 6) is -2.82. The van der Waals surface area contributed by atoms with Crippen molar-refractivity contribution in [2.75, 3.05) is 13.1 Å². The fraction of sp³-hybridized carbons (Fsp3) is 0.577. The average Bonchev–Trinajstić information content (AvgIpc) is 2.77. The number of carbonyl (C=O) groups excluding carboxylic acids is 2. The molecule has 216 valence electrons. The Labute approximate surface area is 235 Å². The summed E-state index contributed by atoms with van der Waals surface area (Å²) >= 11 is 12.1. The van der Waals surface area contributed by atoms with E-state index in [-0.39, 0.29) is 41.4 Å². The van der Waals surface area contributed by atoms with Crippen LogP contribution in [0.4, 0.5) is 13.2 Å². The predicted molar refractivity (Wildman–Crippen MR) is 142 cm³/mol. The number of Topliss-reactive ketones (excluding diaryl/α,β-unsaturated/α-hetero) is 1. The number of rotatable bonds is 10. The maximum absolute atomic E-state index is 14.3. The van der Waals surface area contributed by atoms with Gasteiger partial charge in [0.15, 0.2) is 5.78 Å². The highest BCUT2D eigenvalue weighted by Crippen LogP contribution is 2.40. The van der Waals surface area contributed by atoms with Gasteiger partial charge in [0.1, 0.15) is 5.70 Å². The molecule has 3 N–H and O–H groups in total. The van der Waals surface area contributed by atoms with E-state index in [1.54, 1.807) is 27.7 Å². The molecule has 0 bridgehead atoms. The standard InChI is InChI=1S/C26H33Cl2F3N4O4/c1-24(2,3)14-35(13-19(36)21-17(27)11-33-12-18(21)28)23(39)16(10-32)22(26(29,30)31)34-15-5-7-25(4,8-6-15)9-20(37)38/h10-12,15,32,34H,5-9,13-14H2,1-4H3,(H,37,38)/b22-16+,32-10?/t15-,25-. The van der Waals surface area contributed by atoms with Gasteiger partial charge in [-0.1, -0.05) is 50.9 Å². The number of hydrogen-bond acceptors (Lipinski definition) is 6. The van der Waals surface area contributed by atoms with Gasteiger partial charge in [-0.15, -0.1) is 0 Å². The van der Waals surface area contributed by atoms with Gasteiger partial charge in [-0.3, -0.25) is 19.4 Å². The summed E-state index contributed by atoms with van der Waals surface area (Å²) in [6.45, 7) is 6.30. The Hall–Kier alpha value is -2.66. The molecule has 1 amide bonds. The van der Waals surface area contributed by atoms with Crippen LogP contribution in [-0.4, -0.2) is 64.2 Å². The lowest BCUT2D eigenvalue weighted by atomic mass is 9.72. The van der Waals surface area contributed by atoms with Crippen LogP contribution in [0.3, 0.4) is 0 Å². The molecule has 0 radical (unpaired) electrons. The Morgan fingerprint density at radius 1 is 1.18 bits per heavy atom. The second kappa shape index (κ2) is 12.7. The average molecular weight is 593 g/mol. The van der Waals surface area contributed by atoms with Gasteiger partial charge in [-0.2, -0.15) is 13.2 Å². The van der Waals surface area contributed by atoms with E-state index in [0.29, 0.717) is 19.1 Å². The first-order valence-corrected chi connectivity index (χ1v) is 13.0.